The van der Waals surface area contributed by atoms with Gasteiger partial charge in [0.1, 0.15) is 5.82 Å². The largest absolute Gasteiger partial charge is 0.337 e. The van der Waals surface area contributed by atoms with Crippen LogP contribution in [0.15, 0.2) is 24.5 Å². The van der Waals surface area contributed by atoms with Crippen LogP contribution in [0.1, 0.15) is 53.1 Å². The Morgan fingerprint density at radius 2 is 1.87 bits per heavy atom. The van der Waals surface area contributed by atoms with Crippen molar-refractivity contribution in [3.8, 4) is 0 Å². The molecule has 1 N–H and O–H groups in total. The fraction of sp³-hybridized carbons (Fsp3) is 0.429. The first-order chi connectivity index (χ1) is 14.7. The summed E-state index contributed by atoms with van der Waals surface area (Å²) in [6, 6.07) is 2.95. The van der Waals surface area contributed by atoms with E-state index in [4.69, 9.17) is 0 Å². The van der Waals surface area contributed by atoms with Gasteiger partial charge in [0.2, 0.25) is 11.9 Å². The van der Waals surface area contributed by atoms with Crippen molar-refractivity contribution in [2.45, 2.75) is 42.9 Å². The van der Waals surface area contributed by atoms with Gasteiger partial charge in [-0.05, 0) is 30.4 Å². The summed E-state index contributed by atoms with van der Waals surface area (Å²) in [6.07, 6.45) is 2.66. The first kappa shape index (κ1) is 19.9. The molecule has 1 aromatic carbocycles. The number of rotatable bonds is 5. The number of carbonyl (C=O) groups is 2. The zero-order valence-corrected chi connectivity index (χ0v) is 16.3. The van der Waals surface area contributed by atoms with Gasteiger partial charge in [-0.25, -0.2) is 27.5 Å². The third-order valence-electron chi connectivity index (χ3n) is 6.23. The van der Waals surface area contributed by atoms with Gasteiger partial charge in [-0.1, -0.05) is 6.07 Å². The maximum Gasteiger partial charge on any atom is 0.260 e. The molecule has 2 heterocycles. The summed E-state index contributed by atoms with van der Waals surface area (Å²) in [5, 5.41) is 2.36. The molecule has 31 heavy (non-hydrogen) atoms. The molecular formula is C21H18F4N4O2. The van der Waals surface area contributed by atoms with Crippen molar-refractivity contribution < 1.29 is 27.2 Å². The maximum atomic E-state index is 15.2. The first-order valence-electron chi connectivity index (χ1n) is 9.99. The monoisotopic (exact) mass is 434 g/mol. The number of alkyl halides is 2. The fourth-order valence-corrected chi connectivity index (χ4v) is 4.35. The summed E-state index contributed by atoms with van der Waals surface area (Å²) in [6.45, 7) is -0.480. The molecule has 2 saturated carbocycles. The second-order valence-electron chi connectivity index (χ2n) is 8.38. The lowest BCUT2D eigenvalue weighted by Crippen LogP contribution is -2.47. The van der Waals surface area contributed by atoms with Crippen LogP contribution < -0.4 is 5.32 Å². The molecule has 1 aliphatic heterocycles. The summed E-state index contributed by atoms with van der Waals surface area (Å²) < 4.78 is 57.0. The second kappa shape index (κ2) is 6.73. The predicted octanol–water partition coefficient (Wildman–Crippen LogP) is 3.39. The van der Waals surface area contributed by atoms with Crippen LogP contribution in [0, 0.1) is 11.6 Å². The Hall–Kier alpha value is -3.04. The van der Waals surface area contributed by atoms with E-state index in [1.807, 2.05) is 0 Å². The number of carbonyl (C=O) groups excluding carboxylic acids is 2. The lowest BCUT2D eigenvalue weighted by Gasteiger charge is -2.35. The molecular weight excluding hydrogens is 416 g/mol. The maximum absolute atomic E-state index is 15.2. The van der Waals surface area contributed by atoms with Crippen LogP contribution in [0.3, 0.4) is 0 Å². The van der Waals surface area contributed by atoms with Gasteiger partial charge in [0.25, 0.3) is 11.8 Å². The van der Waals surface area contributed by atoms with Crippen molar-refractivity contribution in [2.24, 2.45) is 0 Å². The van der Waals surface area contributed by atoms with E-state index in [0.29, 0.717) is 5.56 Å². The first-order valence-corrected chi connectivity index (χ1v) is 9.99. The highest BCUT2D eigenvalue weighted by atomic mass is 19.3. The number of hydrogen-bond donors (Lipinski definition) is 1. The Labute approximate surface area is 174 Å². The quantitative estimate of drug-likeness (QED) is 0.732. The van der Waals surface area contributed by atoms with Crippen LogP contribution >= 0.6 is 0 Å². The molecule has 0 unspecified atom stereocenters. The number of amides is 2. The minimum atomic E-state index is -3.12. The van der Waals surface area contributed by atoms with E-state index in [1.54, 1.807) is 0 Å². The highest BCUT2D eigenvalue weighted by molar-refractivity contribution is 5.99. The molecule has 1 atom stereocenters. The molecule has 3 aliphatic rings. The van der Waals surface area contributed by atoms with Crippen LogP contribution in [0.4, 0.5) is 23.5 Å². The van der Waals surface area contributed by atoms with Gasteiger partial charge in [0, 0.05) is 37.1 Å². The predicted molar refractivity (Wildman–Crippen MR) is 101 cm³/mol. The highest BCUT2D eigenvalue weighted by Crippen LogP contribution is 2.65. The van der Waals surface area contributed by atoms with E-state index in [0.717, 1.165) is 25.2 Å². The Balaban J connectivity index is 1.36. The van der Waals surface area contributed by atoms with Gasteiger partial charge in [0.05, 0.1) is 17.8 Å². The van der Waals surface area contributed by atoms with Crippen LogP contribution in [-0.4, -0.2) is 45.7 Å². The minimum absolute atomic E-state index is 0.0280. The van der Waals surface area contributed by atoms with Gasteiger partial charge in [-0.3, -0.25) is 14.9 Å². The Kier molecular flexibility index (Phi) is 4.32. The molecule has 6 nitrogen and oxygen atoms in total. The molecule has 2 aliphatic carbocycles. The van der Waals surface area contributed by atoms with Crippen molar-refractivity contribution in [3.05, 3.63) is 52.9 Å². The summed E-state index contributed by atoms with van der Waals surface area (Å²) in [5.41, 5.74) is -1.58. The van der Waals surface area contributed by atoms with Gasteiger partial charge < -0.3 is 4.90 Å². The van der Waals surface area contributed by atoms with E-state index in [1.165, 1.54) is 17.0 Å². The van der Waals surface area contributed by atoms with Crippen LogP contribution in [0.5, 0.6) is 0 Å². The summed E-state index contributed by atoms with van der Waals surface area (Å²) >= 11 is 0. The zero-order chi connectivity index (χ0) is 22.0. The zero-order valence-electron chi connectivity index (χ0n) is 16.3. The van der Waals surface area contributed by atoms with E-state index in [9.17, 15) is 22.8 Å². The average molecular weight is 434 g/mol. The molecule has 2 amide bonds. The third-order valence-corrected chi connectivity index (χ3v) is 6.23. The number of anilines is 1. The number of fused-ring (bicyclic) bond motifs is 2. The standard InChI is InChI=1S/C21H18F4N4O2/c22-12-7-26-19(27-8-12)28-15(30)5-6-29-10-20(9-21(20,24)25)16-14(18(29)31)4-3-13(17(16)23)11-1-2-11/h3-4,7-8,11H,1-2,5-6,9-10H2,(H,26,27,28,30)/t20-/m1/s1. The highest BCUT2D eigenvalue weighted by Gasteiger charge is 2.75. The van der Waals surface area contributed by atoms with E-state index < -0.39 is 41.2 Å². The van der Waals surface area contributed by atoms with Crippen LogP contribution in [0.2, 0.25) is 0 Å². The molecule has 5 rings (SSSR count). The summed E-state index contributed by atoms with van der Waals surface area (Å²) in [5.74, 6) is -5.68. The minimum Gasteiger partial charge on any atom is -0.337 e. The molecule has 2 aromatic rings. The van der Waals surface area contributed by atoms with Crippen molar-refractivity contribution in [3.63, 3.8) is 0 Å². The number of aromatic nitrogens is 2. The number of halogens is 4. The van der Waals surface area contributed by atoms with Crippen LogP contribution in [-0.2, 0) is 10.2 Å². The molecule has 0 bridgehead atoms. The van der Waals surface area contributed by atoms with E-state index >= 15 is 4.39 Å². The van der Waals surface area contributed by atoms with Crippen molar-refractivity contribution in [1.29, 1.82) is 0 Å². The molecule has 1 aromatic heterocycles. The van der Waals surface area contributed by atoms with Crippen molar-refractivity contribution in [1.82, 2.24) is 14.9 Å². The number of nitrogens with zero attached hydrogens (tertiary/aromatic N) is 3. The molecule has 10 heteroatoms. The SMILES string of the molecule is O=C(CCN1C[C@]2(CC2(F)F)c2c(ccc(C3CC3)c2F)C1=O)Nc1ncc(F)cn1. The van der Waals surface area contributed by atoms with Gasteiger partial charge >= 0.3 is 0 Å². The van der Waals surface area contributed by atoms with Gasteiger partial charge in [0.15, 0.2) is 5.82 Å². The molecule has 162 valence electrons. The Morgan fingerprint density at radius 1 is 1.19 bits per heavy atom. The number of nitrogens with one attached hydrogen (secondary N) is 1. The summed E-state index contributed by atoms with van der Waals surface area (Å²) in [4.78, 5) is 33.4. The Bertz CT molecular complexity index is 1090. The second-order valence-corrected chi connectivity index (χ2v) is 8.38. The van der Waals surface area contributed by atoms with Crippen molar-refractivity contribution >= 4 is 17.8 Å². The molecule has 2 fully saturated rings. The molecule has 0 radical (unpaired) electrons. The average Bonchev–Trinajstić information content (AvgIpc) is 3.63. The lowest BCUT2D eigenvalue weighted by molar-refractivity contribution is -0.116. The smallest absolute Gasteiger partial charge is 0.260 e. The fourth-order valence-electron chi connectivity index (χ4n) is 4.35. The molecule has 0 saturated heterocycles. The van der Waals surface area contributed by atoms with Gasteiger partial charge in [-0.2, -0.15) is 0 Å². The third kappa shape index (κ3) is 3.24. The molecule has 1 spiro atoms. The Morgan fingerprint density at radius 3 is 2.48 bits per heavy atom. The van der Waals surface area contributed by atoms with E-state index in [2.05, 4.69) is 15.3 Å². The topological polar surface area (TPSA) is 75.2 Å². The number of benzene rings is 1. The lowest BCUT2D eigenvalue weighted by atomic mass is 9.83. The van der Waals surface area contributed by atoms with Gasteiger partial charge in [-0.15, -0.1) is 0 Å². The summed E-state index contributed by atoms with van der Waals surface area (Å²) in [7, 11) is 0. The van der Waals surface area contributed by atoms with Crippen molar-refractivity contribution in [2.75, 3.05) is 18.4 Å². The number of hydrogen-bond acceptors (Lipinski definition) is 4. The van der Waals surface area contributed by atoms with E-state index in [-0.39, 0.29) is 42.5 Å². The van der Waals surface area contributed by atoms with Crippen LogP contribution in [0.25, 0.3) is 0 Å². The normalized spacial score (nSPS) is 23.6.